The summed E-state index contributed by atoms with van der Waals surface area (Å²) in [6.45, 7) is 7.05. The van der Waals surface area contributed by atoms with E-state index < -0.39 is 11.9 Å². The highest BCUT2D eigenvalue weighted by atomic mass is 35.5. The first-order valence-corrected chi connectivity index (χ1v) is 11.9. The molecule has 7 nitrogen and oxygen atoms in total. The number of thioether (sulfide) groups is 1. The summed E-state index contributed by atoms with van der Waals surface area (Å²) in [6.07, 6.45) is 5.39. The van der Waals surface area contributed by atoms with E-state index in [2.05, 4.69) is 24.0 Å². The number of aliphatic carboxylic acids is 2. The molecule has 1 aromatic carbocycles. The zero-order valence-corrected chi connectivity index (χ0v) is 19.9. The lowest BCUT2D eigenvalue weighted by atomic mass is 10.1. The molecule has 0 aromatic heterocycles. The number of halogens is 1. The van der Waals surface area contributed by atoms with Crippen LogP contribution in [0.5, 0.6) is 0 Å². The lowest BCUT2D eigenvalue weighted by Crippen LogP contribution is -2.47. The Labute approximate surface area is 194 Å². The molecule has 0 spiro atoms. The van der Waals surface area contributed by atoms with Crippen molar-refractivity contribution in [2.45, 2.75) is 49.7 Å². The van der Waals surface area contributed by atoms with Crippen molar-refractivity contribution < 1.29 is 29.3 Å². The van der Waals surface area contributed by atoms with Crippen molar-refractivity contribution in [3.63, 3.8) is 0 Å². The number of ether oxygens (including phenoxy) is 2. The van der Waals surface area contributed by atoms with Gasteiger partial charge in [0.05, 0.1) is 19.3 Å². The fraction of sp³-hybridized carbons (Fsp3) is 0.636. The number of unbranched alkanes of at least 4 members (excludes halogenated alkanes) is 2. The van der Waals surface area contributed by atoms with Crippen LogP contribution in [-0.4, -0.2) is 78.4 Å². The highest BCUT2D eigenvalue weighted by molar-refractivity contribution is 7.99. The maximum Gasteiger partial charge on any atom is 0.414 e. The van der Waals surface area contributed by atoms with E-state index in [1.54, 1.807) is 7.11 Å². The van der Waals surface area contributed by atoms with Crippen LogP contribution in [0.15, 0.2) is 24.3 Å². The summed E-state index contributed by atoms with van der Waals surface area (Å²) in [7, 11) is 1.73. The normalized spacial score (nSPS) is 18.8. The minimum absolute atomic E-state index is 0.294. The molecule has 1 heterocycles. The van der Waals surface area contributed by atoms with Gasteiger partial charge in [0.1, 0.15) is 0 Å². The second kappa shape index (κ2) is 16.3. The van der Waals surface area contributed by atoms with E-state index in [-0.39, 0.29) is 0 Å². The van der Waals surface area contributed by atoms with Crippen LogP contribution >= 0.6 is 23.4 Å². The number of carboxylic acid groups (broad SMARTS) is 2. The van der Waals surface area contributed by atoms with Crippen molar-refractivity contribution >= 4 is 35.3 Å². The number of likely N-dealkylation sites (tertiary alicyclic amines) is 1. The summed E-state index contributed by atoms with van der Waals surface area (Å²) in [5.74, 6) is -2.63. The van der Waals surface area contributed by atoms with Crippen molar-refractivity contribution in [3.05, 3.63) is 34.9 Å². The molecule has 0 unspecified atom stereocenters. The standard InChI is InChI=1S/C20H32ClNO2S.C2H2O4/c1-3-4-5-11-22-12-10-20(19(15-22)24-14-13-23-2)25-16-17-6-8-18(21)9-7-17;3-1(4)2(5)6/h6-9,19-20H,3-5,10-16H2,1-2H3;(H,3,4)(H,5,6)/t19-,20-;/m0./s1. The Morgan fingerprint density at radius 1 is 1.16 bits per heavy atom. The first kappa shape index (κ1) is 27.7. The fourth-order valence-corrected chi connectivity index (χ4v) is 4.54. The molecule has 1 saturated heterocycles. The summed E-state index contributed by atoms with van der Waals surface area (Å²) >= 11 is 8.00. The van der Waals surface area contributed by atoms with E-state index in [4.69, 9.17) is 40.9 Å². The monoisotopic (exact) mass is 475 g/mol. The Morgan fingerprint density at radius 3 is 2.42 bits per heavy atom. The Bertz CT molecular complexity index is 633. The Hall–Kier alpha value is -1.32. The van der Waals surface area contributed by atoms with Crippen LogP contribution in [0.4, 0.5) is 0 Å². The molecule has 0 bridgehead atoms. The predicted octanol–water partition coefficient (Wildman–Crippen LogP) is 4.02. The molecule has 2 atom stereocenters. The SMILES string of the molecule is CCCCCN1CC[C@H](SCc2ccc(Cl)cc2)[C@@H](OCCOC)C1.O=C(O)C(=O)O. The van der Waals surface area contributed by atoms with Gasteiger partial charge in [-0.15, -0.1) is 0 Å². The number of methoxy groups -OCH3 is 1. The first-order valence-electron chi connectivity index (χ1n) is 10.5. The van der Waals surface area contributed by atoms with Crippen LogP contribution in [-0.2, 0) is 24.8 Å². The van der Waals surface area contributed by atoms with Gasteiger partial charge in [0.25, 0.3) is 0 Å². The van der Waals surface area contributed by atoms with Crippen LogP contribution < -0.4 is 0 Å². The summed E-state index contributed by atoms with van der Waals surface area (Å²) in [5, 5.41) is 16.1. The maximum absolute atomic E-state index is 9.10. The maximum atomic E-state index is 9.10. The molecule has 0 amide bonds. The molecular formula is C22H34ClNO6S. The zero-order valence-electron chi connectivity index (χ0n) is 18.3. The average Bonchev–Trinajstić information content (AvgIpc) is 2.75. The van der Waals surface area contributed by atoms with Gasteiger partial charge in [-0.1, -0.05) is 43.5 Å². The van der Waals surface area contributed by atoms with Crippen LogP contribution in [0.1, 0.15) is 38.2 Å². The molecule has 176 valence electrons. The summed E-state index contributed by atoms with van der Waals surface area (Å²) in [6, 6.07) is 8.19. The van der Waals surface area contributed by atoms with Crippen LogP contribution in [0.3, 0.4) is 0 Å². The van der Waals surface area contributed by atoms with Crippen molar-refractivity contribution in [2.24, 2.45) is 0 Å². The number of carbonyl (C=O) groups is 2. The molecule has 2 rings (SSSR count). The number of benzene rings is 1. The fourth-order valence-electron chi connectivity index (χ4n) is 3.16. The molecule has 1 aromatic rings. The third-order valence-corrected chi connectivity index (χ3v) is 6.56. The van der Waals surface area contributed by atoms with Crippen molar-refractivity contribution in [3.8, 4) is 0 Å². The number of hydrogen-bond donors (Lipinski definition) is 2. The Morgan fingerprint density at radius 2 is 1.84 bits per heavy atom. The Kier molecular flexibility index (Phi) is 14.6. The number of hydrogen-bond acceptors (Lipinski definition) is 6. The molecule has 0 radical (unpaired) electrons. The molecule has 1 aliphatic rings. The lowest BCUT2D eigenvalue weighted by molar-refractivity contribution is -0.159. The van der Waals surface area contributed by atoms with Crippen molar-refractivity contribution in [1.29, 1.82) is 0 Å². The number of nitrogens with zero attached hydrogens (tertiary/aromatic N) is 1. The molecule has 9 heteroatoms. The third kappa shape index (κ3) is 12.3. The highest BCUT2D eigenvalue weighted by Crippen LogP contribution is 2.29. The number of carboxylic acids is 2. The molecule has 0 aliphatic carbocycles. The van der Waals surface area contributed by atoms with Gasteiger partial charge in [-0.2, -0.15) is 11.8 Å². The molecular weight excluding hydrogens is 442 g/mol. The molecule has 1 aliphatic heterocycles. The van der Waals surface area contributed by atoms with Crippen LogP contribution in [0, 0.1) is 0 Å². The van der Waals surface area contributed by atoms with E-state index in [0.717, 1.165) is 17.3 Å². The van der Waals surface area contributed by atoms with Gasteiger partial charge < -0.3 is 24.6 Å². The average molecular weight is 476 g/mol. The predicted molar refractivity (Wildman–Crippen MR) is 124 cm³/mol. The van der Waals surface area contributed by atoms with Crippen molar-refractivity contribution in [1.82, 2.24) is 4.90 Å². The molecule has 2 N–H and O–H groups in total. The van der Waals surface area contributed by atoms with Crippen LogP contribution in [0.25, 0.3) is 0 Å². The smallest absolute Gasteiger partial charge is 0.414 e. The Balaban J connectivity index is 0.000000703. The zero-order chi connectivity index (χ0) is 23.1. The quantitative estimate of drug-likeness (QED) is 0.366. The molecule has 31 heavy (non-hydrogen) atoms. The van der Waals surface area contributed by atoms with Gasteiger partial charge in [-0.25, -0.2) is 9.59 Å². The van der Waals surface area contributed by atoms with Crippen LogP contribution in [0.2, 0.25) is 5.02 Å². The first-order chi connectivity index (χ1) is 14.9. The van der Waals surface area contributed by atoms with Gasteiger partial charge in [-0.3, -0.25) is 0 Å². The topological polar surface area (TPSA) is 96.3 Å². The van der Waals surface area contributed by atoms with Gasteiger partial charge in [0.15, 0.2) is 0 Å². The second-order valence-electron chi connectivity index (χ2n) is 7.28. The highest BCUT2D eigenvalue weighted by Gasteiger charge is 2.30. The van der Waals surface area contributed by atoms with Gasteiger partial charge >= 0.3 is 11.9 Å². The van der Waals surface area contributed by atoms with E-state index in [0.29, 0.717) is 24.6 Å². The van der Waals surface area contributed by atoms with E-state index in [9.17, 15) is 0 Å². The lowest BCUT2D eigenvalue weighted by Gasteiger charge is -2.38. The van der Waals surface area contributed by atoms with Crippen molar-refractivity contribution in [2.75, 3.05) is 40.0 Å². The van der Waals surface area contributed by atoms with E-state index in [1.807, 2.05) is 23.9 Å². The largest absolute Gasteiger partial charge is 0.473 e. The van der Waals surface area contributed by atoms with E-state index in [1.165, 1.54) is 44.3 Å². The number of rotatable bonds is 11. The second-order valence-corrected chi connectivity index (χ2v) is 8.95. The summed E-state index contributed by atoms with van der Waals surface area (Å²) in [5.41, 5.74) is 1.33. The molecule has 0 saturated carbocycles. The number of piperidine rings is 1. The third-order valence-electron chi connectivity index (χ3n) is 4.84. The van der Waals surface area contributed by atoms with Gasteiger partial charge in [0, 0.05) is 29.7 Å². The van der Waals surface area contributed by atoms with Gasteiger partial charge in [-0.05, 0) is 43.6 Å². The minimum Gasteiger partial charge on any atom is -0.473 e. The van der Waals surface area contributed by atoms with E-state index >= 15 is 0 Å². The molecule has 1 fully saturated rings. The summed E-state index contributed by atoms with van der Waals surface area (Å²) < 4.78 is 11.3. The summed E-state index contributed by atoms with van der Waals surface area (Å²) in [4.78, 5) is 20.8. The minimum atomic E-state index is -1.82. The van der Waals surface area contributed by atoms with Gasteiger partial charge in [0.2, 0.25) is 0 Å².